The van der Waals surface area contributed by atoms with Crippen LogP contribution in [0.25, 0.3) is 75.2 Å². The summed E-state index contributed by atoms with van der Waals surface area (Å²) < 4.78 is 13.6. The number of fused-ring (bicyclic) bond motifs is 8. The van der Waals surface area contributed by atoms with Crippen LogP contribution in [0, 0.1) is 0 Å². The van der Waals surface area contributed by atoms with E-state index >= 15 is 0 Å². The minimum atomic E-state index is -0.190. The zero-order valence-electron chi connectivity index (χ0n) is 62.6. The predicted octanol–water partition coefficient (Wildman–Crippen LogP) is 24.1. The lowest BCUT2D eigenvalue weighted by atomic mass is 9.98. The van der Waals surface area contributed by atoms with E-state index in [4.69, 9.17) is 4.74 Å². The Hall–Kier alpha value is -9.63. The lowest BCUT2D eigenvalue weighted by Gasteiger charge is -2.05. The minimum absolute atomic E-state index is 0.190. The van der Waals surface area contributed by atoms with Crippen LogP contribution in [-0.4, -0.2) is 54.8 Å². The van der Waals surface area contributed by atoms with Crippen molar-refractivity contribution in [3.8, 4) is 0 Å². The van der Waals surface area contributed by atoms with Crippen molar-refractivity contribution < 1.29 is 9.53 Å². The van der Waals surface area contributed by atoms with Crippen LogP contribution in [0.1, 0.15) is 218 Å². The van der Waals surface area contributed by atoms with Gasteiger partial charge in [-0.2, -0.15) is 5.10 Å². The van der Waals surface area contributed by atoms with Crippen LogP contribution in [0.5, 0.6) is 0 Å². The average Bonchev–Trinajstić information content (AvgIpc) is 1.70. The molecule has 0 saturated carbocycles. The molecule has 8 aromatic carbocycles. The molecule has 0 bridgehead atoms. The number of para-hydroxylation sites is 2. The summed E-state index contributed by atoms with van der Waals surface area (Å²) in [6.07, 6.45) is 5.44. The van der Waals surface area contributed by atoms with Gasteiger partial charge in [0, 0.05) is 52.7 Å². The number of hydrogen-bond acceptors (Lipinski definition) is 10. The Kier molecular flexibility index (Phi) is 26.3. The van der Waals surface area contributed by atoms with Gasteiger partial charge in [0.15, 0.2) is 0 Å². The summed E-state index contributed by atoms with van der Waals surface area (Å²) in [6, 6.07) is 63.4. The molecule has 0 radical (unpaired) electrons. The molecule has 0 unspecified atom stereocenters. The van der Waals surface area contributed by atoms with Gasteiger partial charge in [0.25, 0.3) is 0 Å². The summed E-state index contributed by atoms with van der Waals surface area (Å²) in [5.41, 5.74) is 22.9. The van der Waals surface area contributed by atoms with Crippen molar-refractivity contribution in [3.63, 3.8) is 0 Å². The third-order valence-electron chi connectivity index (χ3n) is 17.9. The van der Waals surface area contributed by atoms with Gasteiger partial charge in [-0.25, -0.2) is 24.7 Å². The number of nitrogens with one attached hydrogen (secondary N) is 1. The number of imidazole rings is 3. The van der Waals surface area contributed by atoms with Gasteiger partial charge in [0.2, 0.25) is 0 Å². The zero-order chi connectivity index (χ0) is 72.6. The number of carbonyl (C=O) groups is 1. The van der Waals surface area contributed by atoms with Crippen molar-refractivity contribution in [2.24, 2.45) is 21.1 Å². The Morgan fingerprint density at radius 2 is 1.01 bits per heavy atom. The maximum absolute atomic E-state index is 11.1. The number of benzene rings is 8. The smallest absolute Gasteiger partial charge is 0.338 e. The molecular formula is C87H102N10O2S2. The Labute approximate surface area is 606 Å². The second-order valence-corrected chi connectivity index (χ2v) is 30.3. The molecule has 12 nitrogen and oxygen atoms in total. The first kappa shape index (κ1) is 75.6. The molecule has 1 aliphatic heterocycles. The quantitative estimate of drug-likeness (QED) is 0.149. The molecule has 7 aromatic heterocycles. The second kappa shape index (κ2) is 35.1. The molecule has 8 heterocycles. The first-order chi connectivity index (χ1) is 48.3. The highest BCUT2D eigenvalue weighted by Gasteiger charge is 2.21. The van der Waals surface area contributed by atoms with Crippen LogP contribution < -0.4 is 0 Å². The van der Waals surface area contributed by atoms with Crippen LogP contribution in [0.3, 0.4) is 0 Å². The van der Waals surface area contributed by atoms with Crippen LogP contribution in [0.15, 0.2) is 206 Å². The summed E-state index contributed by atoms with van der Waals surface area (Å²) in [5, 5.41) is 8.38. The summed E-state index contributed by atoms with van der Waals surface area (Å²) >= 11 is 3.60. The molecule has 15 aromatic rings. The van der Waals surface area contributed by atoms with E-state index in [-0.39, 0.29) is 5.97 Å². The molecule has 0 atom stereocenters. The largest absolute Gasteiger partial charge is 0.457 e. The van der Waals surface area contributed by atoms with Gasteiger partial charge in [-0.15, -0.1) is 22.7 Å². The summed E-state index contributed by atoms with van der Waals surface area (Å²) in [5.74, 6) is 4.30. The van der Waals surface area contributed by atoms with Crippen molar-refractivity contribution in [1.82, 2.24) is 48.8 Å². The van der Waals surface area contributed by atoms with Crippen LogP contribution in [0.2, 0.25) is 0 Å². The molecular weight excluding hydrogens is 1280 g/mol. The maximum atomic E-state index is 11.1. The number of nitrogens with zero attached hydrogens (tertiary/aromatic N) is 9. The molecule has 0 spiro atoms. The monoisotopic (exact) mass is 1380 g/mol. The van der Waals surface area contributed by atoms with Crippen molar-refractivity contribution in [1.29, 1.82) is 0 Å². The fourth-order valence-corrected chi connectivity index (χ4v) is 13.2. The van der Waals surface area contributed by atoms with Gasteiger partial charge >= 0.3 is 5.97 Å². The van der Waals surface area contributed by atoms with Gasteiger partial charge < -0.3 is 18.9 Å². The first-order valence-electron chi connectivity index (χ1n) is 35.5. The van der Waals surface area contributed by atoms with Gasteiger partial charge in [-0.05, 0) is 165 Å². The number of ether oxygens (including phenoxy) is 1. The number of pyridine rings is 1. The maximum Gasteiger partial charge on any atom is 0.338 e. The molecule has 14 heteroatoms. The number of aromatic amines is 1. The highest BCUT2D eigenvalue weighted by molar-refractivity contribution is 7.19. The van der Waals surface area contributed by atoms with E-state index in [1.165, 1.54) is 86.2 Å². The molecule has 524 valence electrons. The standard InChI is InChI=1S/C12H13N.3C11H14N2.C11H12O2.C11H12S.C10H12N2.C10H11NS/c1-9(2)11-8-7-10-5-3-4-6-12(10)13-11;1-8(2)9-4-5-11-10(6-9)12-7-13(11)3;1-8(2)9-4-5-10-11(6-9)13(3)7-12-10;1-8(2)11-9-6-4-5-7-10(9)13(3)12-11;1-7(2)8-3-4-10-9(5-8)6-13-11(10)12;1-8(2)11-7-9-5-3-4-6-10(9)12-11;1-7(2)8-3-4-9-10(5-8)12-6-11-9;1-7(2)8-3-4-10-9(5-8)11-6-12-10/h3-9H,1-2H3;3*4-8H,1-3H3;3-5,7H,6H2,1-2H3;3-8H,1-2H3;3-7H,1-2H3,(H,11,12);3-7H,1-2H3. The molecule has 1 N–H and O–H groups in total. The number of thiophene rings is 1. The summed E-state index contributed by atoms with van der Waals surface area (Å²) in [4.78, 5) is 37.3. The van der Waals surface area contributed by atoms with Gasteiger partial charge in [-0.3, -0.25) is 9.67 Å². The highest BCUT2D eigenvalue weighted by Crippen LogP contribution is 2.32. The van der Waals surface area contributed by atoms with Crippen molar-refractivity contribution in [2.75, 3.05) is 0 Å². The fraction of sp³-hybridized carbons (Fsp3) is 0.322. The molecule has 0 fully saturated rings. The predicted molar refractivity (Wildman–Crippen MR) is 430 cm³/mol. The topological polar surface area (TPSA) is 134 Å². The molecule has 0 aliphatic carbocycles. The zero-order valence-corrected chi connectivity index (χ0v) is 64.2. The van der Waals surface area contributed by atoms with E-state index in [1.807, 2.05) is 90.2 Å². The van der Waals surface area contributed by atoms with E-state index in [9.17, 15) is 4.79 Å². The SMILES string of the molecule is CC(C)c1cc2ccccc2s1.CC(C)c1ccc2c(c1)COC2=O.CC(C)c1ccc2c(c1)ncn2C.CC(C)c1ccc2ccccc2n1.CC(C)c1ccc2nc[nH]c2c1.CC(C)c1ccc2ncn(C)c2c1.CC(C)c1ccc2scnc2c1.CC(C)c1nn(C)c2ccccc12. The number of hydrogen-bond donors (Lipinski definition) is 1. The average molecular weight is 1380 g/mol. The second-order valence-electron chi connectivity index (χ2n) is 28.3. The Bertz CT molecular complexity index is 5030. The summed E-state index contributed by atoms with van der Waals surface area (Å²) in [6.45, 7) is 35.5. The summed E-state index contributed by atoms with van der Waals surface area (Å²) in [7, 11) is 6.04. The van der Waals surface area contributed by atoms with Gasteiger partial charge in [0.1, 0.15) is 6.61 Å². The molecule has 0 saturated heterocycles. The van der Waals surface area contributed by atoms with Crippen molar-refractivity contribution >= 4 is 104 Å². The van der Waals surface area contributed by atoms with E-state index in [2.05, 4.69) is 302 Å². The Morgan fingerprint density at radius 3 is 1.68 bits per heavy atom. The number of aryl methyl sites for hydroxylation is 3. The number of aromatic nitrogens is 10. The molecule has 1 aliphatic rings. The number of rotatable bonds is 8. The van der Waals surface area contributed by atoms with Crippen molar-refractivity contribution in [2.45, 2.75) is 165 Å². The lowest BCUT2D eigenvalue weighted by Crippen LogP contribution is -1.94. The number of cyclic esters (lactones) is 1. The van der Waals surface area contributed by atoms with E-state index < -0.39 is 0 Å². The Morgan fingerprint density at radius 1 is 0.436 bits per heavy atom. The van der Waals surface area contributed by atoms with Gasteiger partial charge in [0.05, 0.1) is 90.1 Å². The molecule has 101 heavy (non-hydrogen) atoms. The highest BCUT2D eigenvalue weighted by atomic mass is 32.1. The first-order valence-corrected chi connectivity index (χ1v) is 37.2. The fourth-order valence-electron chi connectivity index (χ4n) is 11.4. The van der Waals surface area contributed by atoms with Gasteiger partial charge in [-0.1, -0.05) is 208 Å². The van der Waals surface area contributed by atoms with E-state index in [0.29, 0.717) is 54.0 Å². The van der Waals surface area contributed by atoms with Crippen LogP contribution >= 0.6 is 22.7 Å². The van der Waals surface area contributed by atoms with Crippen LogP contribution in [0.4, 0.5) is 0 Å². The number of esters is 1. The van der Waals surface area contributed by atoms with E-state index in [0.717, 1.165) is 44.2 Å². The minimum Gasteiger partial charge on any atom is -0.457 e. The van der Waals surface area contributed by atoms with E-state index in [1.54, 1.807) is 17.7 Å². The number of carbonyl (C=O) groups excluding carboxylic acids is 1. The molecule has 16 rings (SSSR count). The lowest BCUT2D eigenvalue weighted by molar-refractivity contribution is 0.0535. The van der Waals surface area contributed by atoms with Crippen LogP contribution in [-0.2, 0) is 32.5 Å². The Balaban J connectivity index is 0.000000134. The normalized spacial score (nSPS) is 11.7. The van der Waals surface area contributed by atoms with Crippen molar-refractivity contribution in [3.05, 3.63) is 262 Å². The third-order valence-corrected chi connectivity index (χ3v) is 20.1. The molecule has 0 amide bonds. The number of H-pyrrole nitrogens is 1. The third kappa shape index (κ3) is 19.9. The number of thiazole rings is 1.